The molecule has 7 heteroatoms. The molecule has 2 fully saturated rings. The number of sulfonamides is 1. The number of likely N-dealkylation sites (tertiary alicyclic amines) is 1. The lowest BCUT2D eigenvalue weighted by Crippen LogP contribution is -2.46. The van der Waals surface area contributed by atoms with Crippen molar-refractivity contribution >= 4 is 21.7 Å². The second-order valence-electron chi connectivity index (χ2n) is 9.17. The van der Waals surface area contributed by atoms with E-state index in [9.17, 15) is 13.2 Å². The predicted molar refractivity (Wildman–Crippen MR) is 118 cm³/mol. The Hall–Kier alpha value is -1.60. The van der Waals surface area contributed by atoms with Crippen LogP contribution < -0.4 is 10.0 Å². The maximum absolute atomic E-state index is 12.8. The van der Waals surface area contributed by atoms with Gasteiger partial charge in [0.05, 0.1) is 5.25 Å². The zero-order chi connectivity index (χ0) is 21.2. The highest BCUT2D eigenvalue weighted by atomic mass is 32.2. The van der Waals surface area contributed by atoms with Crippen molar-refractivity contribution in [1.29, 1.82) is 0 Å². The molecule has 1 aromatic carbocycles. The van der Waals surface area contributed by atoms with Gasteiger partial charge in [-0.25, -0.2) is 17.9 Å². The van der Waals surface area contributed by atoms with Gasteiger partial charge in [0.1, 0.15) is 0 Å². The Morgan fingerprint density at radius 2 is 1.59 bits per heavy atom. The number of carbonyl (C=O) groups excluding carboxylic acids is 1. The number of urea groups is 1. The number of nitrogens with one attached hydrogen (secondary N) is 2. The average molecular weight is 422 g/mol. The third kappa shape index (κ3) is 5.72. The van der Waals surface area contributed by atoms with Gasteiger partial charge in [-0.2, -0.15) is 0 Å². The Morgan fingerprint density at radius 1 is 1.03 bits per heavy atom. The van der Waals surface area contributed by atoms with Gasteiger partial charge in [-0.3, -0.25) is 0 Å². The highest BCUT2D eigenvalue weighted by Gasteiger charge is 2.33. The van der Waals surface area contributed by atoms with Gasteiger partial charge < -0.3 is 10.2 Å². The summed E-state index contributed by atoms with van der Waals surface area (Å²) in [6.45, 7) is 10.9. The fraction of sp³-hybridized carbons (Fsp3) is 0.682. The fourth-order valence-electron chi connectivity index (χ4n) is 4.11. The first kappa shape index (κ1) is 22.1. The smallest absolute Gasteiger partial charge is 0.307 e. The van der Waals surface area contributed by atoms with Crippen molar-refractivity contribution in [2.24, 2.45) is 5.92 Å². The molecule has 0 unspecified atom stereocenters. The molecule has 1 aliphatic heterocycles. The molecular weight excluding hydrogens is 386 g/mol. The van der Waals surface area contributed by atoms with Crippen molar-refractivity contribution in [2.75, 3.05) is 25.0 Å². The van der Waals surface area contributed by atoms with Gasteiger partial charge in [-0.05, 0) is 67.7 Å². The number of amides is 2. The zero-order valence-electron chi connectivity index (χ0n) is 18.1. The molecule has 2 N–H and O–H groups in total. The summed E-state index contributed by atoms with van der Waals surface area (Å²) in [6, 6.07) is 5.28. The molecular formula is C22H35N3O3S. The predicted octanol–water partition coefficient (Wildman–Crippen LogP) is 4.26. The molecule has 0 radical (unpaired) electrons. The molecule has 0 bridgehead atoms. The molecule has 162 valence electrons. The molecule has 1 saturated heterocycles. The van der Waals surface area contributed by atoms with E-state index in [1.54, 1.807) is 0 Å². The summed E-state index contributed by atoms with van der Waals surface area (Å²) in [6.07, 6.45) is 3.76. The van der Waals surface area contributed by atoms with Gasteiger partial charge in [0.2, 0.25) is 10.0 Å². The first-order chi connectivity index (χ1) is 13.7. The minimum atomic E-state index is -3.69. The molecule has 1 aliphatic carbocycles. The van der Waals surface area contributed by atoms with Crippen LogP contribution >= 0.6 is 0 Å². The summed E-state index contributed by atoms with van der Waals surface area (Å²) in [7, 11) is -3.69. The van der Waals surface area contributed by atoms with Gasteiger partial charge in [0.25, 0.3) is 0 Å². The number of rotatable bonds is 7. The number of para-hydroxylation sites is 1. The number of nitrogens with zero attached hydrogens (tertiary/aromatic N) is 1. The van der Waals surface area contributed by atoms with E-state index in [0.29, 0.717) is 12.8 Å². The number of hydrogen-bond donors (Lipinski definition) is 2. The quantitative estimate of drug-likeness (QED) is 0.689. The van der Waals surface area contributed by atoms with Crippen LogP contribution in [0.4, 0.5) is 10.5 Å². The minimum absolute atomic E-state index is 0.219. The zero-order valence-corrected chi connectivity index (χ0v) is 18.9. The van der Waals surface area contributed by atoms with Crippen molar-refractivity contribution < 1.29 is 13.2 Å². The lowest BCUT2D eigenvalue weighted by atomic mass is 9.93. The second-order valence-corrected chi connectivity index (χ2v) is 11.1. The summed E-state index contributed by atoms with van der Waals surface area (Å²) in [5.41, 5.74) is 2.75. The van der Waals surface area contributed by atoms with Crippen molar-refractivity contribution in [3.05, 3.63) is 29.3 Å². The third-order valence-corrected chi connectivity index (χ3v) is 7.85. The van der Waals surface area contributed by atoms with Crippen LogP contribution in [0.15, 0.2) is 18.2 Å². The Bertz CT molecular complexity index is 797. The lowest BCUT2D eigenvalue weighted by Gasteiger charge is -2.31. The van der Waals surface area contributed by atoms with Gasteiger partial charge in [-0.15, -0.1) is 0 Å². The largest absolute Gasteiger partial charge is 0.332 e. The molecule has 0 spiro atoms. The van der Waals surface area contributed by atoms with Crippen LogP contribution in [0, 0.1) is 5.92 Å². The molecule has 1 heterocycles. The van der Waals surface area contributed by atoms with Crippen molar-refractivity contribution in [2.45, 2.75) is 70.5 Å². The summed E-state index contributed by atoms with van der Waals surface area (Å²) >= 11 is 0. The van der Waals surface area contributed by atoms with Gasteiger partial charge in [-0.1, -0.05) is 45.9 Å². The topological polar surface area (TPSA) is 78.5 Å². The SMILES string of the molecule is CC(C)c1cccc(C(C)C)c1NC(=O)NS(=O)(=O)C1CCN(CC2CC2)CC1. The maximum Gasteiger partial charge on any atom is 0.332 e. The molecule has 2 amide bonds. The Balaban J connectivity index is 1.64. The van der Waals surface area contributed by atoms with Gasteiger partial charge in [0, 0.05) is 12.2 Å². The van der Waals surface area contributed by atoms with Crippen LogP contribution in [-0.4, -0.2) is 44.2 Å². The van der Waals surface area contributed by atoms with Crippen molar-refractivity contribution in [3.63, 3.8) is 0 Å². The van der Waals surface area contributed by atoms with E-state index in [1.807, 2.05) is 18.2 Å². The average Bonchev–Trinajstić information content (AvgIpc) is 3.45. The minimum Gasteiger partial charge on any atom is -0.307 e. The maximum atomic E-state index is 12.8. The molecule has 29 heavy (non-hydrogen) atoms. The molecule has 1 saturated carbocycles. The van der Waals surface area contributed by atoms with Gasteiger partial charge >= 0.3 is 6.03 Å². The Morgan fingerprint density at radius 3 is 2.07 bits per heavy atom. The molecule has 0 aromatic heterocycles. The fourth-order valence-corrected chi connectivity index (χ4v) is 5.42. The van der Waals surface area contributed by atoms with Crippen LogP contribution in [-0.2, 0) is 10.0 Å². The summed E-state index contributed by atoms with van der Waals surface area (Å²) < 4.78 is 27.8. The first-order valence-corrected chi connectivity index (χ1v) is 12.4. The van der Waals surface area contributed by atoms with Crippen LogP contribution in [0.5, 0.6) is 0 Å². The van der Waals surface area contributed by atoms with E-state index in [-0.39, 0.29) is 11.8 Å². The lowest BCUT2D eigenvalue weighted by molar-refractivity contribution is 0.221. The van der Waals surface area contributed by atoms with E-state index in [1.165, 1.54) is 12.8 Å². The van der Waals surface area contributed by atoms with Crippen LogP contribution in [0.3, 0.4) is 0 Å². The Kier molecular flexibility index (Phi) is 6.89. The molecule has 0 atom stereocenters. The highest BCUT2D eigenvalue weighted by molar-refractivity contribution is 7.90. The van der Waals surface area contributed by atoms with E-state index in [2.05, 4.69) is 42.6 Å². The monoisotopic (exact) mass is 421 g/mol. The molecule has 2 aliphatic rings. The summed E-state index contributed by atoms with van der Waals surface area (Å²) in [5, 5.41) is 2.33. The number of benzene rings is 1. The highest BCUT2D eigenvalue weighted by Crippen LogP contribution is 2.33. The van der Waals surface area contributed by atoms with E-state index >= 15 is 0 Å². The summed E-state index contributed by atoms with van der Waals surface area (Å²) in [5.74, 6) is 1.25. The van der Waals surface area contributed by atoms with E-state index in [0.717, 1.165) is 42.4 Å². The van der Waals surface area contributed by atoms with E-state index < -0.39 is 21.3 Å². The summed E-state index contributed by atoms with van der Waals surface area (Å²) in [4.78, 5) is 15.0. The normalized spacial score (nSPS) is 19.0. The Labute approximate surface area is 175 Å². The van der Waals surface area contributed by atoms with Gasteiger partial charge in [0.15, 0.2) is 0 Å². The van der Waals surface area contributed by atoms with Crippen LogP contribution in [0.1, 0.15) is 76.3 Å². The van der Waals surface area contributed by atoms with Crippen LogP contribution in [0.2, 0.25) is 0 Å². The number of hydrogen-bond acceptors (Lipinski definition) is 4. The standard InChI is InChI=1S/C22H35N3O3S/c1-15(2)19-6-5-7-20(16(3)4)21(19)23-22(26)24-29(27,28)18-10-12-25(13-11-18)14-17-8-9-17/h5-7,15-18H,8-14H2,1-4H3,(H2,23,24,26). The third-order valence-electron chi connectivity index (χ3n) is 6.03. The number of anilines is 1. The molecule has 3 rings (SSSR count). The van der Waals surface area contributed by atoms with Crippen molar-refractivity contribution in [3.8, 4) is 0 Å². The van der Waals surface area contributed by atoms with E-state index in [4.69, 9.17) is 0 Å². The van der Waals surface area contributed by atoms with Crippen molar-refractivity contribution in [1.82, 2.24) is 9.62 Å². The number of piperidine rings is 1. The molecule has 6 nitrogen and oxygen atoms in total. The van der Waals surface area contributed by atoms with Crippen LogP contribution in [0.25, 0.3) is 0 Å². The number of carbonyl (C=O) groups is 1. The first-order valence-electron chi connectivity index (χ1n) is 10.8. The molecule has 1 aromatic rings. The second kappa shape index (κ2) is 9.04.